The summed E-state index contributed by atoms with van der Waals surface area (Å²) in [5.74, 6) is -0.128. The highest BCUT2D eigenvalue weighted by Gasteiger charge is 2.17. The van der Waals surface area contributed by atoms with E-state index in [1.165, 1.54) is 12.1 Å². The summed E-state index contributed by atoms with van der Waals surface area (Å²) in [4.78, 5) is 16.7. The third-order valence-electron chi connectivity index (χ3n) is 4.99. The summed E-state index contributed by atoms with van der Waals surface area (Å²) < 4.78 is 27.7. The second-order valence-corrected chi connectivity index (χ2v) is 9.35. The molecule has 0 fully saturated rings. The van der Waals surface area contributed by atoms with E-state index in [4.69, 9.17) is 0 Å². The summed E-state index contributed by atoms with van der Waals surface area (Å²) in [7, 11) is 2.03. The van der Waals surface area contributed by atoms with Gasteiger partial charge in [-0.1, -0.05) is 30.3 Å². The van der Waals surface area contributed by atoms with E-state index in [9.17, 15) is 13.2 Å². The maximum absolute atomic E-state index is 12.9. The molecule has 0 aliphatic rings. The Morgan fingerprint density at radius 2 is 1.55 bits per heavy atom. The van der Waals surface area contributed by atoms with E-state index in [-0.39, 0.29) is 10.8 Å². The predicted molar refractivity (Wildman–Crippen MR) is 125 cm³/mol. The number of carbonyl (C=O) groups is 1. The highest BCUT2D eigenvalue weighted by Crippen LogP contribution is 2.22. The van der Waals surface area contributed by atoms with Crippen LogP contribution in [0.15, 0.2) is 77.7 Å². The van der Waals surface area contributed by atoms with Gasteiger partial charge in [-0.3, -0.25) is 9.52 Å². The van der Waals surface area contributed by atoms with Crippen molar-refractivity contribution in [1.29, 1.82) is 0 Å². The van der Waals surface area contributed by atoms with Crippen molar-refractivity contribution in [3.05, 3.63) is 89.5 Å². The molecule has 0 unspecified atom stereocenters. The van der Waals surface area contributed by atoms with Gasteiger partial charge in [0, 0.05) is 38.9 Å². The lowest BCUT2D eigenvalue weighted by molar-refractivity contribution is 0.0785. The van der Waals surface area contributed by atoms with Crippen LogP contribution in [0.3, 0.4) is 0 Å². The highest BCUT2D eigenvalue weighted by atomic mass is 32.2. The lowest BCUT2D eigenvalue weighted by atomic mass is 10.1. The van der Waals surface area contributed by atoms with Crippen molar-refractivity contribution < 1.29 is 13.2 Å². The second-order valence-electron chi connectivity index (χ2n) is 7.67. The smallest absolute Gasteiger partial charge is 0.261 e. The molecule has 0 heterocycles. The number of benzene rings is 3. The Morgan fingerprint density at radius 3 is 2.13 bits per heavy atom. The summed E-state index contributed by atoms with van der Waals surface area (Å²) in [5, 5.41) is 0. The molecular weight excluding hydrogens is 410 g/mol. The first-order chi connectivity index (χ1) is 14.7. The zero-order valence-electron chi connectivity index (χ0n) is 18.2. The fourth-order valence-corrected chi connectivity index (χ4v) is 4.33. The number of nitrogens with one attached hydrogen (secondary N) is 1. The van der Waals surface area contributed by atoms with Gasteiger partial charge in [0.15, 0.2) is 0 Å². The van der Waals surface area contributed by atoms with Gasteiger partial charge in [0.25, 0.3) is 15.9 Å². The second kappa shape index (κ2) is 9.22. The number of aryl methyl sites for hydroxylation is 1. The van der Waals surface area contributed by atoms with Gasteiger partial charge in [0.2, 0.25) is 0 Å². The summed E-state index contributed by atoms with van der Waals surface area (Å²) in [6, 6.07) is 21.2. The molecule has 7 heteroatoms. The monoisotopic (exact) mass is 437 g/mol. The van der Waals surface area contributed by atoms with Gasteiger partial charge in [-0.2, -0.15) is 0 Å². The molecule has 0 aromatic heterocycles. The Balaban J connectivity index is 1.72. The first-order valence-electron chi connectivity index (χ1n) is 9.87. The molecule has 1 N–H and O–H groups in total. The van der Waals surface area contributed by atoms with Crippen molar-refractivity contribution >= 4 is 27.3 Å². The molecule has 6 nitrogen and oxygen atoms in total. The van der Waals surface area contributed by atoms with Gasteiger partial charge in [0.1, 0.15) is 0 Å². The van der Waals surface area contributed by atoms with Crippen molar-refractivity contribution in [2.75, 3.05) is 30.8 Å². The van der Waals surface area contributed by atoms with E-state index in [1.54, 1.807) is 55.3 Å². The van der Waals surface area contributed by atoms with Crippen LogP contribution in [0.25, 0.3) is 0 Å². The van der Waals surface area contributed by atoms with Crippen molar-refractivity contribution in [2.45, 2.75) is 18.4 Å². The van der Waals surface area contributed by atoms with Crippen LogP contribution in [-0.2, 0) is 16.6 Å². The third-order valence-corrected chi connectivity index (χ3v) is 6.37. The van der Waals surface area contributed by atoms with E-state index < -0.39 is 10.0 Å². The zero-order valence-corrected chi connectivity index (χ0v) is 19.0. The summed E-state index contributed by atoms with van der Waals surface area (Å²) in [6.45, 7) is 2.26. The Kier molecular flexibility index (Phi) is 6.65. The van der Waals surface area contributed by atoms with Crippen LogP contribution in [0, 0.1) is 6.92 Å². The lowest BCUT2D eigenvalue weighted by Crippen LogP contribution is -2.26. The van der Waals surface area contributed by atoms with Gasteiger partial charge in [-0.25, -0.2) is 8.42 Å². The topological polar surface area (TPSA) is 69.7 Å². The van der Waals surface area contributed by atoms with Gasteiger partial charge in [-0.15, -0.1) is 0 Å². The average molecular weight is 438 g/mol. The van der Waals surface area contributed by atoms with Crippen molar-refractivity contribution in [3.63, 3.8) is 0 Å². The van der Waals surface area contributed by atoms with Crippen LogP contribution in [0.4, 0.5) is 11.4 Å². The van der Waals surface area contributed by atoms with E-state index in [1.807, 2.05) is 43.3 Å². The molecule has 3 aromatic carbocycles. The van der Waals surface area contributed by atoms with E-state index in [0.717, 1.165) is 11.3 Å². The Labute approximate surface area is 184 Å². The van der Waals surface area contributed by atoms with Gasteiger partial charge in [-0.05, 0) is 60.5 Å². The van der Waals surface area contributed by atoms with Crippen LogP contribution in [0.2, 0.25) is 0 Å². The summed E-state index contributed by atoms with van der Waals surface area (Å²) >= 11 is 0. The van der Waals surface area contributed by atoms with Crippen molar-refractivity contribution in [3.8, 4) is 0 Å². The quantitative estimate of drug-likeness (QED) is 0.603. The van der Waals surface area contributed by atoms with Gasteiger partial charge < -0.3 is 9.80 Å². The number of carbonyl (C=O) groups excluding carboxylic acids is 1. The van der Waals surface area contributed by atoms with Gasteiger partial charge >= 0.3 is 0 Å². The zero-order chi connectivity index (χ0) is 22.6. The maximum Gasteiger partial charge on any atom is 0.261 e. The Hall–Kier alpha value is -3.32. The number of hydrogen-bond acceptors (Lipinski definition) is 4. The van der Waals surface area contributed by atoms with Crippen molar-refractivity contribution in [1.82, 2.24) is 4.90 Å². The Bertz CT molecular complexity index is 1160. The Morgan fingerprint density at radius 1 is 0.903 bits per heavy atom. The van der Waals surface area contributed by atoms with E-state index in [2.05, 4.69) is 4.72 Å². The molecule has 0 aliphatic heterocycles. The largest absolute Gasteiger partial charge is 0.378 e. The number of sulfonamides is 1. The molecular formula is C24H27N3O3S. The average Bonchev–Trinajstić information content (AvgIpc) is 2.75. The third kappa shape index (κ3) is 5.44. The standard InChI is InChI=1S/C24H27N3O3S/c1-18-16-20(12-15-23(18)25-31(29,30)22-8-6-5-7-9-22)24(28)27(4)17-19-10-13-21(14-11-19)26(2)3/h5-16,25H,17H2,1-4H3. The summed E-state index contributed by atoms with van der Waals surface area (Å²) in [6.07, 6.45) is 0. The molecule has 162 valence electrons. The molecule has 3 aromatic rings. The molecule has 0 saturated carbocycles. The summed E-state index contributed by atoms with van der Waals surface area (Å²) in [5.41, 5.74) is 3.76. The van der Waals surface area contributed by atoms with Crippen LogP contribution in [0.5, 0.6) is 0 Å². The molecule has 31 heavy (non-hydrogen) atoms. The molecule has 3 rings (SSSR count). The van der Waals surface area contributed by atoms with Crippen LogP contribution in [0.1, 0.15) is 21.5 Å². The normalized spacial score (nSPS) is 11.1. The van der Waals surface area contributed by atoms with E-state index in [0.29, 0.717) is 23.4 Å². The SMILES string of the molecule is Cc1cc(C(=O)N(C)Cc2ccc(N(C)C)cc2)ccc1NS(=O)(=O)c1ccccc1. The molecule has 0 aliphatic carbocycles. The molecule has 0 atom stereocenters. The van der Waals surface area contributed by atoms with Gasteiger partial charge in [0.05, 0.1) is 10.6 Å². The number of hydrogen-bond donors (Lipinski definition) is 1. The van der Waals surface area contributed by atoms with Crippen LogP contribution >= 0.6 is 0 Å². The highest BCUT2D eigenvalue weighted by molar-refractivity contribution is 7.92. The number of rotatable bonds is 7. The molecule has 0 bridgehead atoms. The molecule has 0 spiro atoms. The maximum atomic E-state index is 12.9. The fraction of sp³-hybridized carbons (Fsp3) is 0.208. The van der Waals surface area contributed by atoms with Crippen LogP contribution in [-0.4, -0.2) is 40.4 Å². The first kappa shape index (κ1) is 22.4. The van der Waals surface area contributed by atoms with Crippen LogP contribution < -0.4 is 9.62 Å². The predicted octanol–water partition coefficient (Wildman–Crippen LogP) is 4.13. The number of anilines is 2. The van der Waals surface area contributed by atoms with Crippen molar-refractivity contribution in [2.24, 2.45) is 0 Å². The minimum Gasteiger partial charge on any atom is -0.378 e. The fourth-order valence-electron chi connectivity index (χ4n) is 3.18. The molecule has 0 saturated heterocycles. The van der Waals surface area contributed by atoms with E-state index >= 15 is 0 Å². The lowest BCUT2D eigenvalue weighted by Gasteiger charge is -2.19. The minimum absolute atomic E-state index is 0.128. The number of nitrogens with zero attached hydrogens (tertiary/aromatic N) is 2. The minimum atomic E-state index is -3.68. The molecule has 0 radical (unpaired) electrons. The molecule has 1 amide bonds. The number of amides is 1. The first-order valence-corrected chi connectivity index (χ1v) is 11.4.